The Balaban J connectivity index is 1.19. The van der Waals surface area contributed by atoms with E-state index in [1.165, 1.54) is 17.5 Å². The zero-order valence-corrected chi connectivity index (χ0v) is 22.9. The van der Waals surface area contributed by atoms with Gasteiger partial charge < -0.3 is 20.1 Å². The number of aromatic amines is 2. The average molecular weight is 534 g/mol. The van der Waals surface area contributed by atoms with Gasteiger partial charge in [-0.15, -0.1) is 0 Å². The van der Waals surface area contributed by atoms with Crippen molar-refractivity contribution in [3.63, 3.8) is 0 Å². The molecule has 5 aromatic rings. The standard InChI is InChI=1S/C32H35N7O/c1-38-12-14-39(15-13-38)30-9-5-8-27-25(30)18-29(35-27)31-26-17-22(10-11-28(26)36-37-31)23-16-24(20-33-19-23)34-32(40)21-6-3-2-4-7-21/h5,8-11,16-21,35H,2-4,6-7,12-15H2,1H3,(H,34,40)(H,36,37). The van der Waals surface area contributed by atoms with Crippen LogP contribution in [-0.4, -0.2) is 64.2 Å². The number of nitrogens with zero attached hydrogens (tertiary/aromatic N) is 4. The minimum absolute atomic E-state index is 0.107. The Labute approximate surface area is 233 Å². The molecule has 3 aromatic heterocycles. The molecule has 4 heterocycles. The van der Waals surface area contributed by atoms with Crippen molar-refractivity contribution in [1.82, 2.24) is 25.1 Å². The van der Waals surface area contributed by atoms with Gasteiger partial charge >= 0.3 is 0 Å². The normalized spacial score (nSPS) is 17.1. The van der Waals surface area contributed by atoms with Crippen LogP contribution >= 0.6 is 0 Å². The number of H-pyrrole nitrogens is 2. The number of pyridine rings is 1. The Morgan fingerprint density at radius 1 is 0.900 bits per heavy atom. The van der Waals surface area contributed by atoms with E-state index in [0.717, 1.165) is 96.5 Å². The Kier molecular flexibility index (Phi) is 6.48. The zero-order chi connectivity index (χ0) is 27.1. The van der Waals surface area contributed by atoms with Crippen LogP contribution in [0.15, 0.2) is 60.9 Å². The largest absolute Gasteiger partial charge is 0.368 e. The van der Waals surface area contributed by atoms with Crippen LogP contribution in [-0.2, 0) is 4.79 Å². The summed E-state index contributed by atoms with van der Waals surface area (Å²) >= 11 is 0. The lowest BCUT2D eigenvalue weighted by molar-refractivity contribution is -0.120. The lowest BCUT2D eigenvalue weighted by Gasteiger charge is -2.34. The van der Waals surface area contributed by atoms with Crippen LogP contribution in [0.4, 0.5) is 11.4 Å². The van der Waals surface area contributed by atoms with Crippen molar-refractivity contribution in [3.05, 3.63) is 60.9 Å². The molecule has 3 N–H and O–H groups in total. The van der Waals surface area contributed by atoms with Crippen LogP contribution < -0.4 is 10.2 Å². The summed E-state index contributed by atoms with van der Waals surface area (Å²) in [5.41, 5.74) is 7.99. The highest BCUT2D eigenvalue weighted by Crippen LogP contribution is 2.35. The molecule has 2 fully saturated rings. The van der Waals surface area contributed by atoms with Gasteiger partial charge in [0.15, 0.2) is 0 Å². The fourth-order valence-corrected chi connectivity index (χ4v) is 6.26. The summed E-state index contributed by atoms with van der Waals surface area (Å²) in [6.07, 6.45) is 9.03. The first-order chi connectivity index (χ1) is 19.6. The number of piperazine rings is 1. The molecule has 0 spiro atoms. The molecule has 8 nitrogen and oxygen atoms in total. The molecular weight excluding hydrogens is 498 g/mol. The summed E-state index contributed by atoms with van der Waals surface area (Å²) in [6, 6.07) is 17.0. The van der Waals surface area contributed by atoms with E-state index < -0.39 is 0 Å². The number of likely N-dealkylation sites (N-methyl/N-ethyl adjacent to an activating group) is 1. The van der Waals surface area contributed by atoms with Crippen LogP contribution in [0.3, 0.4) is 0 Å². The highest BCUT2D eigenvalue weighted by atomic mass is 16.1. The molecule has 1 amide bonds. The molecule has 2 aliphatic rings. The molecule has 0 atom stereocenters. The van der Waals surface area contributed by atoms with E-state index in [4.69, 9.17) is 5.10 Å². The molecular formula is C32H35N7O. The second kappa shape index (κ2) is 10.4. The number of nitrogens with one attached hydrogen (secondary N) is 3. The minimum Gasteiger partial charge on any atom is -0.368 e. The SMILES string of the molecule is CN1CCN(c2cccc3[nH]c(-c4n[nH]c5ccc(-c6cncc(NC(=O)C7CCCCC7)c6)cc45)cc23)CC1. The van der Waals surface area contributed by atoms with Gasteiger partial charge in [0.1, 0.15) is 5.69 Å². The van der Waals surface area contributed by atoms with E-state index >= 15 is 0 Å². The monoisotopic (exact) mass is 533 g/mol. The number of rotatable bonds is 5. The van der Waals surface area contributed by atoms with E-state index in [2.05, 4.69) is 79.7 Å². The number of benzene rings is 2. The van der Waals surface area contributed by atoms with Gasteiger partial charge in [-0.05, 0) is 61.9 Å². The third-order valence-electron chi connectivity index (χ3n) is 8.62. The van der Waals surface area contributed by atoms with Crippen LogP contribution in [0.1, 0.15) is 32.1 Å². The molecule has 1 aliphatic heterocycles. The lowest BCUT2D eigenvalue weighted by atomic mass is 9.88. The molecule has 7 rings (SSSR count). The van der Waals surface area contributed by atoms with Gasteiger partial charge in [0.05, 0.1) is 23.1 Å². The van der Waals surface area contributed by atoms with Crippen LogP contribution in [0.25, 0.3) is 44.3 Å². The molecule has 1 saturated heterocycles. The number of anilines is 2. The third-order valence-corrected chi connectivity index (χ3v) is 8.62. The molecule has 1 saturated carbocycles. The Morgan fingerprint density at radius 2 is 1.75 bits per heavy atom. The first kappa shape index (κ1) is 24.8. The maximum atomic E-state index is 12.8. The van der Waals surface area contributed by atoms with E-state index in [-0.39, 0.29) is 11.8 Å². The molecule has 1 aliphatic carbocycles. The summed E-state index contributed by atoms with van der Waals surface area (Å²) in [5.74, 6) is 0.219. The fraction of sp³-hybridized carbons (Fsp3) is 0.344. The molecule has 40 heavy (non-hydrogen) atoms. The topological polar surface area (TPSA) is 92.9 Å². The van der Waals surface area contributed by atoms with E-state index in [0.29, 0.717) is 0 Å². The summed E-state index contributed by atoms with van der Waals surface area (Å²) < 4.78 is 0. The van der Waals surface area contributed by atoms with Gasteiger partial charge in [-0.2, -0.15) is 5.10 Å². The predicted molar refractivity (Wildman–Crippen MR) is 162 cm³/mol. The predicted octanol–water partition coefficient (Wildman–Crippen LogP) is 6.04. The van der Waals surface area contributed by atoms with Crippen LogP contribution in [0.2, 0.25) is 0 Å². The van der Waals surface area contributed by atoms with Crippen LogP contribution in [0.5, 0.6) is 0 Å². The fourth-order valence-electron chi connectivity index (χ4n) is 6.26. The first-order valence-electron chi connectivity index (χ1n) is 14.4. The van der Waals surface area contributed by atoms with Gasteiger partial charge in [0, 0.05) is 65.8 Å². The maximum Gasteiger partial charge on any atom is 0.227 e. The highest BCUT2D eigenvalue weighted by Gasteiger charge is 2.22. The van der Waals surface area contributed by atoms with E-state index in [9.17, 15) is 4.79 Å². The average Bonchev–Trinajstić information content (AvgIpc) is 3.62. The van der Waals surface area contributed by atoms with E-state index in [1.807, 2.05) is 12.3 Å². The molecule has 8 heteroatoms. The van der Waals surface area contributed by atoms with Crippen LogP contribution in [0, 0.1) is 5.92 Å². The maximum absolute atomic E-state index is 12.8. The summed E-state index contributed by atoms with van der Waals surface area (Å²) in [5, 5.41) is 13.3. The summed E-state index contributed by atoms with van der Waals surface area (Å²) in [7, 11) is 2.18. The van der Waals surface area contributed by atoms with Gasteiger partial charge in [0.25, 0.3) is 0 Å². The number of hydrogen-bond acceptors (Lipinski definition) is 5. The smallest absolute Gasteiger partial charge is 0.227 e. The van der Waals surface area contributed by atoms with Crippen molar-refractivity contribution in [3.8, 4) is 22.5 Å². The quantitative estimate of drug-likeness (QED) is 0.256. The minimum atomic E-state index is 0.107. The lowest BCUT2D eigenvalue weighted by Crippen LogP contribution is -2.44. The number of carbonyl (C=O) groups excluding carboxylic acids is 1. The number of carbonyl (C=O) groups is 1. The summed E-state index contributed by atoms with van der Waals surface area (Å²) in [4.78, 5) is 25.7. The number of amides is 1. The highest BCUT2D eigenvalue weighted by molar-refractivity contribution is 6.01. The Bertz CT molecular complexity index is 1670. The van der Waals surface area contributed by atoms with Crippen molar-refractivity contribution >= 4 is 39.1 Å². The van der Waals surface area contributed by atoms with Crippen molar-refractivity contribution in [2.45, 2.75) is 32.1 Å². The second-order valence-corrected chi connectivity index (χ2v) is 11.3. The summed E-state index contributed by atoms with van der Waals surface area (Å²) in [6.45, 7) is 4.19. The number of fused-ring (bicyclic) bond motifs is 2. The van der Waals surface area contributed by atoms with Gasteiger partial charge in [-0.25, -0.2) is 0 Å². The van der Waals surface area contributed by atoms with Gasteiger partial charge in [0.2, 0.25) is 5.91 Å². The van der Waals surface area contributed by atoms with Gasteiger partial charge in [-0.1, -0.05) is 31.4 Å². The first-order valence-corrected chi connectivity index (χ1v) is 14.4. The number of aromatic nitrogens is 4. The molecule has 2 aromatic carbocycles. The molecule has 0 unspecified atom stereocenters. The zero-order valence-electron chi connectivity index (χ0n) is 22.9. The van der Waals surface area contributed by atoms with Crippen molar-refractivity contribution in [2.24, 2.45) is 5.92 Å². The molecule has 204 valence electrons. The Morgan fingerprint density at radius 3 is 2.60 bits per heavy atom. The number of hydrogen-bond donors (Lipinski definition) is 3. The van der Waals surface area contributed by atoms with Gasteiger partial charge in [-0.3, -0.25) is 14.9 Å². The molecule has 0 radical (unpaired) electrons. The third kappa shape index (κ3) is 4.73. The van der Waals surface area contributed by atoms with Crippen molar-refractivity contribution in [1.29, 1.82) is 0 Å². The van der Waals surface area contributed by atoms with Crippen molar-refractivity contribution < 1.29 is 4.79 Å². The molecule has 0 bridgehead atoms. The Hall–Kier alpha value is -4.17. The second-order valence-electron chi connectivity index (χ2n) is 11.3. The van der Waals surface area contributed by atoms with Crippen molar-refractivity contribution in [2.75, 3.05) is 43.4 Å². The van der Waals surface area contributed by atoms with E-state index in [1.54, 1.807) is 6.20 Å².